The topological polar surface area (TPSA) is 69.7 Å². The van der Waals surface area contributed by atoms with Gasteiger partial charge in [-0.1, -0.05) is 38.3 Å². The summed E-state index contributed by atoms with van der Waals surface area (Å²) in [6.07, 6.45) is 6.52. The van der Waals surface area contributed by atoms with Crippen LogP contribution in [0.2, 0.25) is 0 Å². The van der Waals surface area contributed by atoms with E-state index in [1.54, 1.807) is 16.4 Å². The van der Waals surface area contributed by atoms with Crippen molar-refractivity contribution >= 4 is 15.9 Å². The Hall–Kier alpha value is -1.44. The lowest BCUT2D eigenvalue weighted by molar-refractivity contribution is -0.127. The van der Waals surface area contributed by atoms with E-state index in [9.17, 15) is 13.2 Å². The summed E-state index contributed by atoms with van der Waals surface area (Å²) in [6.45, 7) is 6.01. The van der Waals surface area contributed by atoms with Crippen molar-refractivity contribution in [2.45, 2.75) is 69.4 Å². The average molecular weight is 408 g/mol. The van der Waals surface area contributed by atoms with Crippen molar-refractivity contribution in [1.29, 1.82) is 0 Å². The average Bonchev–Trinajstić information content (AvgIpc) is 3.21. The van der Waals surface area contributed by atoms with Crippen LogP contribution in [-0.4, -0.2) is 61.8 Å². The van der Waals surface area contributed by atoms with Gasteiger partial charge in [-0.05, 0) is 43.9 Å². The van der Waals surface area contributed by atoms with Gasteiger partial charge in [-0.3, -0.25) is 9.69 Å². The van der Waals surface area contributed by atoms with Crippen molar-refractivity contribution in [3.8, 4) is 0 Å². The first-order chi connectivity index (χ1) is 13.4. The molecule has 0 radical (unpaired) electrons. The van der Waals surface area contributed by atoms with Crippen LogP contribution in [-0.2, 0) is 21.2 Å². The minimum atomic E-state index is -3.48. The highest BCUT2D eigenvalue weighted by molar-refractivity contribution is 7.89. The normalized spacial score (nSPS) is 20.9. The molecule has 7 heteroatoms. The first-order valence-corrected chi connectivity index (χ1v) is 12.0. The zero-order chi connectivity index (χ0) is 20.1. The molecule has 156 valence electrons. The van der Waals surface area contributed by atoms with Crippen LogP contribution in [0.4, 0.5) is 0 Å². The summed E-state index contributed by atoms with van der Waals surface area (Å²) in [6, 6.07) is 7.32. The maximum absolute atomic E-state index is 12.9. The van der Waals surface area contributed by atoms with Crippen molar-refractivity contribution < 1.29 is 13.2 Å². The predicted molar refractivity (Wildman–Crippen MR) is 111 cm³/mol. The Kier molecular flexibility index (Phi) is 7.12. The number of amides is 1. The number of aryl methyl sites for hydroxylation is 1. The summed E-state index contributed by atoms with van der Waals surface area (Å²) < 4.78 is 27.4. The minimum absolute atomic E-state index is 0.0646. The summed E-state index contributed by atoms with van der Waals surface area (Å²) in [5.74, 6) is 0.0646. The largest absolute Gasteiger partial charge is 0.352 e. The van der Waals surface area contributed by atoms with Crippen molar-refractivity contribution in [2.75, 3.05) is 26.2 Å². The lowest BCUT2D eigenvalue weighted by atomic mass is 10.1. The highest BCUT2D eigenvalue weighted by atomic mass is 32.2. The van der Waals surface area contributed by atoms with Crippen molar-refractivity contribution in [1.82, 2.24) is 14.5 Å². The second kappa shape index (κ2) is 9.37. The van der Waals surface area contributed by atoms with Gasteiger partial charge < -0.3 is 5.32 Å². The molecule has 1 atom stereocenters. The lowest BCUT2D eigenvalue weighted by Crippen LogP contribution is -2.55. The molecule has 1 heterocycles. The van der Waals surface area contributed by atoms with E-state index in [2.05, 4.69) is 17.1 Å². The molecule has 0 bridgehead atoms. The fourth-order valence-electron chi connectivity index (χ4n) is 4.15. The van der Waals surface area contributed by atoms with E-state index in [0.29, 0.717) is 37.1 Å². The van der Waals surface area contributed by atoms with Gasteiger partial charge in [0.25, 0.3) is 0 Å². The number of nitrogens with one attached hydrogen (secondary N) is 1. The molecule has 1 aliphatic heterocycles. The summed E-state index contributed by atoms with van der Waals surface area (Å²) in [4.78, 5) is 14.9. The van der Waals surface area contributed by atoms with Crippen LogP contribution >= 0.6 is 0 Å². The second-order valence-corrected chi connectivity index (χ2v) is 9.94. The van der Waals surface area contributed by atoms with Gasteiger partial charge in [0.2, 0.25) is 15.9 Å². The Morgan fingerprint density at radius 1 is 1.11 bits per heavy atom. The fourth-order valence-corrected chi connectivity index (χ4v) is 5.58. The molecule has 1 aromatic rings. The Morgan fingerprint density at radius 3 is 2.29 bits per heavy atom. The van der Waals surface area contributed by atoms with E-state index in [4.69, 9.17) is 0 Å². The molecule has 3 rings (SSSR count). The molecule has 0 spiro atoms. The van der Waals surface area contributed by atoms with E-state index >= 15 is 0 Å². The summed E-state index contributed by atoms with van der Waals surface area (Å²) in [5, 5.41) is 3.15. The second-order valence-electron chi connectivity index (χ2n) is 8.00. The van der Waals surface area contributed by atoms with Crippen molar-refractivity contribution in [3.63, 3.8) is 0 Å². The first-order valence-electron chi connectivity index (χ1n) is 10.6. The Morgan fingerprint density at radius 2 is 1.71 bits per heavy atom. The van der Waals surface area contributed by atoms with Crippen LogP contribution in [0.25, 0.3) is 0 Å². The Balaban J connectivity index is 1.55. The van der Waals surface area contributed by atoms with E-state index in [-0.39, 0.29) is 11.9 Å². The Bertz CT molecular complexity index is 750. The summed E-state index contributed by atoms with van der Waals surface area (Å²) in [7, 11) is -3.48. The molecule has 28 heavy (non-hydrogen) atoms. The number of piperazine rings is 1. The number of hydrogen-bond acceptors (Lipinski definition) is 4. The number of benzene rings is 1. The third kappa shape index (κ3) is 4.93. The predicted octanol–water partition coefficient (Wildman–Crippen LogP) is 2.39. The van der Waals surface area contributed by atoms with E-state index < -0.39 is 10.0 Å². The zero-order valence-corrected chi connectivity index (χ0v) is 17.9. The van der Waals surface area contributed by atoms with Crippen LogP contribution in [0.5, 0.6) is 0 Å². The van der Waals surface area contributed by atoms with E-state index in [1.165, 1.54) is 12.8 Å². The van der Waals surface area contributed by atoms with Crippen LogP contribution in [0.1, 0.15) is 51.5 Å². The maximum Gasteiger partial charge on any atom is 0.243 e. The van der Waals surface area contributed by atoms with Gasteiger partial charge in [-0.2, -0.15) is 4.31 Å². The van der Waals surface area contributed by atoms with Gasteiger partial charge in [-0.25, -0.2) is 8.42 Å². The number of carbonyl (C=O) groups is 1. The number of sulfonamides is 1. The van der Waals surface area contributed by atoms with Gasteiger partial charge in [0, 0.05) is 32.2 Å². The number of hydrogen-bond donors (Lipinski definition) is 1. The number of nitrogens with zero attached hydrogens (tertiary/aromatic N) is 2. The molecule has 2 aliphatic rings. The first kappa shape index (κ1) is 21.3. The van der Waals surface area contributed by atoms with Gasteiger partial charge in [-0.15, -0.1) is 0 Å². The fraction of sp³-hybridized carbons (Fsp3) is 0.667. The van der Waals surface area contributed by atoms with Crippen LogP contribution in [0.3, 0.4) is 0 Å². The number of rotatable bonds is 7. The molecule has 1 N–H and O–H groups in total. The molecular formula is C21H33N3O3S. The van der Waals surface area contributed by atoms with Gasteiger partial charge in [0.05, 0.1) is 10.9 Å². The highest BCUT2D eigenvalue weighted by Crippen LogP contribution is 2.21. The number of carbonyl (C=O) groups excluding carboxylic acids is 1. The molecular weight excluding hydrogens is 374 g/mol. The third-order valence-corrected chi connectivity index (χ3v) is 7.91. The van der Waals surface area contributed by atoms with Gasteiger partial charge >= 0.3 is 0 Å². The Labute approximate surface area is 169 Å². The summed E-state index contributed by atoms with van der Waals surface area (Å²) in [5.41, 5.74) is 1.16. The van der Waals surface area contributed by atoms with Gasteiger partial charge in [0.15, 0.2) is 0 Å². The molecule has 2 fully saturated rings. The monoisotopic (exact) mass is 407 g/mol. The SMILES string of the molecule is CCCc1ccc(S(=O)(=O)N2CCN([C@@H](C)C(=O)NC3CCCC3)CC2)cc1. The lowest BCUT2D eigenvalue weighted by Gasteiger charge is -2.37. The molecule has 1 saturated heterocycles. The maximum atomic E-state index is 12.9. The summed E-state index contributed by atoms with van der Waals surface area (Å²) >= 11 is 0. The van der Waals surface area contributed by atoms with E-state index in [0.717, 1.165) is 31.2 Å². The molecule has 6 nitrogen and oxygen atoms in total. The smallest absolute Gasteiger partial charge is 0.243 e. The molecule has 1 amide bonds. The highest BCUT2D eigenvalue weighted by Gasteiger charge is 2.32. The molecule has 0 unspecified atom stereocenters. The van der Waals surface area contributed by atoms with Crippen LogP contribution < -0.4 is 5.32 Å². The van der Waals surface area contributed by atoms with E-state index in [1.807, 2.05) is 19.1 Å². The molecule has 1 saturated carbocycles. The molecule has 0 aromatic heterocycles. The van der Waals surface area contributed by atoms with Crippen molar-refractivity contribution in [3.05, 3.63) is 29.8 Å². The molecule has 1 aliphatic carbocycles. The zero-order valence-electron chi connectivity index (χ0n) is 17.1. The van der Waals surface area contributed by atoms with Gasteiger partial charge in [0.1, 0.15) is 0 Å². The third-order valence-electron chi connectivity index (χ3n) is 6.00. The van der Waals surface area contributed by atoms with Crippen molar-refractivity contribution in [2.24, 2.45) is 0 Å². The van der Waals surface area contributed by atoms with Crippen LogP contribution in [0, 0.1) is 0 Å². The minimum Gasteiger partial charge on any atom is -0.352 e. The standard InChI is InChI=1S/C21H33N3O3S/c1-3-6-18-9-11-20(12-10-18)28(26,27)24-15-13-23(14-16-24)17(2)21(25)22-19-7-4-5-8-19/h9-12,17,19H,3-8,13-16H2,1-2H3,(H,22,25)/t17-/m0/s1. The quantitative estimate of drug-likeness (QED) is 0.754. The van der Waals surface area contributed by atoms with Crippen LogP contribution in [0.15, 0.2) is 29.2 Å². The molecule has 1 aromatic carbocycles.